The number of hydrogen-bond acceptors (Lipinski definition) is 6. The van der Waals surface area contributed by atoms with Crippen LogP contribution in [0.2, 0.25) is 0 Å². The smallest absolute Gasteiger partial charge is 0.115 e. The molecule has 1 aromatic carbocycles. The minimum Gasteiger partial charge on any atom is -0.397 e. The van der Waals surface area contributed by atoms with Gasteiger partial charge in [-0.2, -0.15) is 0 Å². The number of nitrogen functional groups attached to an aromatic ring is 1. The van der Waals surface area contributed by atoms with Crippen LogP contribution in [0.3, 0.4) is 0 Å². The van der Waals surface area contributed by atoms with E-state index in [-0.39, 0.29) is 6.04 Å². The first-order chi connectivity index (χ1) is 10.1. The molecule has 0 saturated carbocycles. The molecule has 0 saturated heterocycles. The molecule has 0 aliphatic carbocycles. The first-order valence-corrected chi connectivity index (χ1v) is 8.58. The summed E-state index contributed by atoms with van der Waals surface area (Å²) in [6.07, 6.45) is 2.98. The summed E-state index contributed by atoms with van der Waals surface area (Å²) in [6, 6.07) is 4.16. The van der Waals surface area contributed by atoms with E-state index in [1.807, 2.05) is 25.3 Å². The molecule has 6 heteroatoms. The average molecular weight is 318 g/mol. The van der Waals surface area contributed by atoms with E-state index >= 15 is 0 Å². The zero-order chi connectivity index (χ0) is 15.0. The van der Waals surface area contributed by atoms with Gasteiger partial charge in [-0.25, -0.2) is 9.97 Å². The SMILES string of the molecule is CCc1cnc(C(C)Nc2cc3nc(C)sc3cc2N)s1. The summed E-state index contributed by atoms with van der Waals surface area (Å²) in [5.41, 5.74) is 8.83. The molecule has 3 N–H and O–H groups in total. The van der Waals surface area contributed by atoms with Crippen molar-refractivity contribution in [2.75, 3.05) is 11.1 Å². The van der Waals surface area contributed by atoms with Crippen molar-refractivity contribution in [3.63, 3.8) is 0 Å². The molecule has 3 aromatic rings. The van der Waals surface area contributed by atoms with E-state index in [2.05, 4.69) is 29.1 Å². The summed E-state index contributed by atoms with van der Waals surface area (Å²) in [5.74, 6) is 0. The van der Waals surface area contributed by atoms with Gasteiger partial charge in [0, 0.05) is 11.1 Å². The Labute approximate surface area is 132 Å². The molecule has 110 valence electrons. The highest BCUT2D eigenvalue weighted by Gasteiger charge is 2.13. The second-order valence-corrected chi connectivity index (χ2v) is 7.41. The minimum atomic E-state index is 0.134. The molecule has 4 nitrogen and oxygen atoms in total. The number of fused-ring (bicyclic) bond motifs is 1. The van der Waals surface area contributed by atoms with Crippen LogP contribution < -0.4 is 11.1 Å². The summed E-state index contributed by atoms with van der Waals surface area (Å²) in [5, 5.41) is 5.59. The number of thiazole rings is 2. The number of rotatable bonds is 4. The molecule has 0 spiro atoms. The lowest BCUT2D eigenvalue weighted by atomic mass is 10.2. The van der Waals surface area contributed by atoms with Crippen molar-refractivity contribution >= 4 is 44.3 Å². The number of nitrogens with two attached hydrogens (primary N) is 1. The van der Waals surface area contributed by atoms with Crippen molar-refractivity contribution in [1.82, 2.24) is 9.97 Å². The fourth-order valence-electron chi connectivity index (χ4n) is 2.21. The highest BCUT2D eigenvalue weighted by molar-refractivity contribution is 7.18. The van der Waals surface area contributed by atoms with Gasteiger partial charge in [0.1, 0.15) is 5.01 Å². The molecule has 0 amide bonds. The fourth-order valence-corrected chi connectivity index (χ4v) is 3.93. The molecule has 3 rings (SSSR count). The maximum atomic E-state index is 6.15. The Bertz CT molecular complexity index is 775. The Morgan fingerprint density at radius 1 is 1.33 bits per heavy atom. The van der Waals surface area contributed by atoms with Crippen molar-refractivity contribution in [2.24, 2.45) is 0 Å². The van der Waals surface area contributed by atoms with Crippen LogP contribution in [-0.2, 0) is 6.42 Å². The summed E-state index contributed by atoms with van der Waals surface area (Å²) in [6.45, 7) is 6.26. The van der Waals surface area contributed by atoms with Crippen molar-refractivity contribution in [2.45, 2.75) is 33.2 Å². The number of benzene rings is 1. The molecule has 2 aromatic heterocycles. The van der Waals surface area contributed by atoms with E-state index in [0.717, 1.165) is 38.0 Å². The van der Waals surface area contributed by atoms with Crippen molar-refractivity contribution < 1.29 is 0 Å². The van der Waals surface area contributed by atoms with Gasteiger partial charge < -0.3 is 11.1 Å². The highest BCUT2D eigenvalue weighted by Crippen LogP contribution is 2.32. The van der Waals surface area contributed by atoms with Gasteiger partial charge in [-0.1, -0.05) is 6.92 Å². The third-order valence-corrected chi connectivity index (χ3v) is 5.59. The Morgan fingerprint density at radius 2 is 2.14 bits per heavy atom. The third-order valence-electron chi connectivity index (χ3n) is 3.33. The van der Waals surface area contributed by atoms with E-state index in [0.29, 0.717) is 0 Å². The Balaban J connectivity index is 1.87. The summed E-state index contributed by atoms with van der Waals surface area (Å²) in [4.78, 5) is 10.3. The van der Waals surface area contributed by atoms with Gasteiger partial charge in [0.15, 0.2) is 0 Å². The summed E-state index contributed by atoms with van der Waals surface area (Å²) in [7, 11) is 0. The van der Waals surface area contributed by atoms with Gasteiger partial charge in [0.25, 0.3) is 0 Å². The number of nitrogens with zero attached hydrogens (tertiary/aromatic N) is 2. The third kappa shape index (κ3) is 2.87. The second-order valence-electron chi connectivity index (χ2n) is 5.02. The van der Waals surface area contributed by atoms with Crippen molar-refractivity contribution in [3.05, 3.63) is 33.2 Å². The van der Waals surface area contributed by atoms with Crippen molar-refractivity contribution in [1.29, 1.82) is 0 Å². The van der Waals surface area contributed by atoms with Crippen LogP contribution in [-0.4, -0.2) is 9.97 Å². The lowest BCUT2D eigenvalue weighted by Crippen LogP contribution is -2.08. The number of aromatic nitrogens is 2. The number of nitrogens with one attached hydrogen (secondary N) is 1. The van der Waals surface area contributed by atoms with Crippen LogP contribution in [0.5, 0.6) is 0 Å². The lowest BCUT2D eigenvalue weighted by Gasteiger charge is -2.14. The van der Waals surface area contributed by atoms with E-state index in [1.165, 1.54) is 4.88 Å². The number of anilines is 2. The normalized spacial score (nSPS) is 12.7. The van der Waals surface area contributed by atoms with Crippen LogP contribution >= 0.6 is 22.7 Å². The number of hydrogen-bond donors (Lipinski definition) is 2. The van der Waals surface area contributed by atoms with Gasteiger partial charge >= 0.3 is 0 Å². The Morgan fingerprint density at radius 3 is 2.86 bits per heavy atom. The zero-order valence-corrected chi connectivity index (χ0v) is 13.9. The fraction of sp³-hybridized carbons (Fsp3) is 0.333. The summed E-state index contributed by atoms with van der Waals surface area (Å²) >= 11 is 3.41. The van der Waals surface area contributed by atoms with E-state index in [1.54, 1.807) is 22.7 Å². The summed E-state index contributed by atoms with van der Waals surface area (Å²) < 4.78 is 1.13. The Hall–Kier alpha value is -1.66. The largest absolute Gasteiger partial charge is 0.397 e. The molecule has 1 atom stereocenters. The number of aryl methyl sites for hydroxylation is 2. The van der Waals surface area contributed by atoms with Crippen molar-refractivity contribution in [3.8, 4) is 0 Å². The topological polar surface area (TPSA) is 63.8 Å². The molecule has 0 aliphatic heterocycles. The molecular formula is C15H18N4S2. The lowest BCUT2D eigenvalue weighted by molar-refractivity contribution is 0.870. The predicted octanol–water partition coefficient (Wildman–Crippen LogP) is 4.38. The first kappa shape index (κ1) is 14.3. The second kappa shape index (κ2) is 5.61. The zero-order valence-electron chi connectivity index (χ0n) is 12.3. The highest BCUT2D eigenvalue weighted by atomic mass is 32.1. The quantitative estimate of drug-likeness (QED) is 0.701. The molecule has 1 unspecified atom stereocenters. The van der Waals surface area contributed by atoms with Crippen LogP contribution in [0.15, 0.2) is 18.3 Å². The molecule has 0 radical (unpaired) electrons. The van der Waals surface area contributed by atoms with Crippen LogP contribution in [0.25, 0.3) is 10.2 Å². The van der Waals surface area contributed by atoms with Gasteiger partial charge in [-0.15, -0.1) is 22.7 Å². The molecule has 0 aliphatic rings. The van der Waals surface area contributed by atoms with Crippen LogP contribution in [0, 0.1) is 6.92 Å². The van der Waals surface area contributed by atoms with Gasteiger partial charge in [0.05, 0.1) is 32.6 Å². The van der Waals surface area contributed by atoms with E-state index < -0.39 is 0 Å². The first-order valence-electron chi connectivity index (χ1n) is 6.94. The van der Waals surface area contributed by atoms with Crippen LogP contribution in [0.1, 0.15) is 34.8 Å². The maximum absolute atomic E-state index is 6.15. The Kier molecular flexibility index (Phi) is 3.82. The van der Waals surface area contributed by atoms with Crippen LogP contribution in [0.4, 0.5) is 11.4 Å². The van der Waals surface area contributed by atoms with Gasteiger partial charge in [-0.05, 0) is 32.4 Å². The average Bonchev–Trinajstić information content (AvgIpc) is 3.04. The van der Waals surface area contributed by atoms with E-state index in [4.69, 9.17) is 5.73 Å². The van der Waals surface area contributed by atoms with Gasteiger partial charge in [0.2, 0.25) is 0 Å². The van der Waals surface area contributed by atoms with E-state index in [9.17, 15) is 0 Å². The molecular weight excluding hydrogens is 300 g/mol. The maximum Gasteiger partial charge on any atom is 0.115 e. The monoisotopic (exact) mass is 318 g/mol. The molecule has 2 heterocycles. The molecule has 21 heavy (non-hydrogen) atoms. The predicted molar refractivity (Wildman–Crippen MR) is 92.3 cm³/mol. The standard InChI is InChI=1S/C15H18N4S2/c1-4-10-7-17-15(21-10)8(2)18-12-6-13-14(5-11(12)16)20-9(3)19-13/h5-8,18H,4,16H2,1-3H3. The molecule has 0 fully saturated rings. The minimum absolute atomic E-state index is 0.134. The van der Waals surface area contributed by atoms with Gasteiger partial charge in [-0.3, -0.25) is 0 Å². The molecule has 0 bridgehead atoms.